The highest BCUT2D eigenvalue weighted by Gasteiger charge is 2.07. The molecule has 1 heterocycles. The van der Waals surface area contributed by atoms with E-state index in [0.717, 1.165) is 5.69 Å². The van der Waals surface area contributed by atoms with Crippen molar-refractivity contribution in [2.45, 2.75) is 20.8 Å². The van der Waals surface area contributed by atoms with Gasteiger partial charge in [0.1, 0.15) is 0 Å². The predicted molar refractivity (Wildman–Crippen MR) is 66.2 cm³/mol. The third-order valence-electron chi connectivity index (χ3n) is 2.64. The van der Waals surface area contributed by atoms with Crippen LogP contribution < -0.4 is 5.73 Å². The summed E-state index contributed by atoms with van der Waals surface area (Å²) in [6, 6.07) is 4.37. The van der Waals surface area contributed by atoms with E-state index >= 15 is 0 Å². The molecule has 0 radical (unpaired) electrons. The van der Waals surface area contributed by atoms with E-state index in [4.69, 9.17) is 5.73 Å². The number of nitrogens with two attached hydrogens (primary N) is 1. The number of aromatic nitrogens is 1. The Kier molecular flexibility index (Phi) is 2.49. The molecular formula is C12H14N2S. The monoisotopic (exact) mass is 218 g/mol. The minimum atomic E-state index is 0.627. The molecule has 0 aliphatic carbocycles. The topological polar surface area (TPSA) is 38.9 Å². The lowest BCUT2D eigenvalue weighted by Gasteiger charge is -2.07. The van der Waals surface area contributed by atoms with Crippen LogP contribution >= 0.6 is 11.3 Å². The summed E-state index contributed by atoms with van der Waals surface area (Å²) < 4.78 is 0. The smallest absolute Gasteiger partial charge is 0.180 e. The second kappa shape index (κ2) is 3.66. The van der Waals surface area contributed by atoms with Crippen molar-refractivity contribution in [3.63, 3.8) is 0 Å². The summed E-state index contributed by atoms with van der Waals surface area (Å²) in [5.74, 6) is 0. The molecule has 2 rings (SSSR count). The van der Waals surface area contributed by atoms with Crippen LogP contribution in [-0.4, -0.2) is 4.98 Å². The number of hydrogen-bond acceptors (Lipinski definition) is 3. The van der Waals surface area contributed by atoms with E-state index in [1.54, 1.807) is 0 Å². The van der Waals surface area contributed by atoms with Crippen LogP contribution in [-0.2, 0) is 0 Å². The van der Waals surface area contributed by atoms with Gasteiger partial charge in [0.25, 0.3) is 0 Å². The molecule has 0 atom stereocenters. The lowest BCUT2D eigenvalue weighted by Crippen LogP contribution is -1.89. The quantitative estimate of drug-likeness (QED) is 0.797. The molecule has 0 unspecified atom stereocenters. The predicted octanol–water partition coefficient (Wildman–Crippen LogP) is 3.32. The van der Waals surface area contributed by atoms with Crippen molar-refractivity contribution in [1.82, 2.24) is 4.98 Å². The van der Waals surface area contributed by atoms with Crippen molar-refractivity contribution < 1.29 is 0 Å². The Balaban J connectivity index is 2.58. The van der Waals surface area contributed by atoms with Crippen molar-refractivity contribution in [2.75, 3.05) is 5.73 Å². The Morgan fingerprint density at radius 1 is 1.07 bits per heavy atom. The average molecular weight is 218 g/mol. The van der Waals surface area contributed by atoms with E-state index in [2.05, 4.69) is 37.9 Å². The number of benzene rings is 1. The van der Waals surface area contributed by atoms with Gasteiger partial charge in [-0.05, 0) is 43.5 Å². The molecule has 2 aromatic rings. The first-order chi connectivity index (χ1) is 7.08. The number of nitrogen functional groups attached to an aromatic ring is 1. The first kappa shape index (κ1) is 10.2. The van der Waals surface area contributed by atoms with Crippen LogP contribution in [0, 0.1) is 20.8 Å². The molecule has 2 N–H and O–H groups in total. The SMILES string of the molecule is Cc1cc(C)c(-c2csc(N)n2)cc1C. The molecule has 0 aliphatic heterocycles. The zero-order valence-electron chi connectivity index (χ0n) is 9.16. The molecule has 1 aromatic carbocycles. The van der Waals surface area contributed by atoms with Crippen molar-refractivity contribution >= 4 is 16.5 Å². The van der Waals surface area contributed by atoms with Gasteiger partial charge in [-0.25, -0.2) is 4.98 Å². The molecule has 0 aliphatic rings. The second-order valence-corrected chi connectivity index (χ2v) is 4.71. The van der Waals surface area contributed by atoms with Crippen LogP contribution in [0.3, 0.4) is 0 Å². The first-order valence-electron chi connectivity index (χ1n) is 4.87. The summed E-state index contributed by atoms with van der Waals surface area (Å²) in [6.45, 7) is 6.35. The number of anilines is 1. The number of thiazole rings is 1. The molecule has 78 valence electrons. The van der Waals surface area contributed by atoms with Crippen LogP contribution in [0.25, 0.3) is 11.3 Å². The van der Waals surface area contributed by atoms with Gasteiger partial charge in [-0.2, -0.15) is 0 Å². The van der Waals surface area contributed by atoms with Crippen molar-refractivity contribution in [2.24, 2.45) is 0 Å². The van der Waals surface area contributed by atoms with E-state index in [9.17, 15) is 0 Å². The van der Waals surface area contributed by atoms with E-state index in [1.807, 2.05) is 5.38 Å². The highest BCUT2D eigenvalue weighted by molar-refractivity contribution is 7.13. The normalized spacial score (nSPS) is 10.6. The zero-order chi connectivity index (χ0) is 11.0. The van der Waals surface area contributed by atoms with Gasteiger partial charge in [0.05, 0.1) is 5.69 Å². The fraction of sp³-hybridized carbons (Fsp3) is 0.250. The van der Waals surface area contributed by atoms with E-state index in [1.165, 1.54) is 33.6 Å². The Hall–Kier alpha value is -1.35. The Morgan fingerprint density at radius 3 is 2.33 bits per heavy atom. The van der Waals surface area contributed by atoms with E-state index in [-0.39, 0.29) is 0 Å². The number of hydrogen-bond donors (Lipinski definition) is 1. The van der Waals surface area contributed by atoms with Gasteiger partial charge in [0, 0.05) is 10.9 Å². The highest BCUT2D eigenvalue weighted by atomic mass is 32.1. The molecular weight excluding hydrogens is 204 g/mol. The maximum Gasteiger partial charge on any atom is 0.180 e. The fourth-order valence-corrected chi connectivity index (χ4v) is 2.21. The van der Waals surface area contributed by atoms with Crippen molar-refractivity contribution in [1.29, 1.82) is 0 Å². The number of nitrogens with zero attached hydrogens (tertiary/aromatic N) is 1. The van der Waals surface area contributed by atoms with Gasteiger partial charge in [0.15, 0.2) is 5.13 Å². The Morgan fingerprint density at radius 2 is 1.73 bits per heavy atom. The van der Waals surface area contributed by atoms with Crippen molar-refractivity contribution in [3.05, 3.63) is 34.2 Å². The largest absolute Gasteiger partial charge is 0.375 e. The lowest BCUT2D eigenvalue weighted by atomic mass is 9.99. The summed E-state index contributed by atoms with van der Waals surface area (Å²) in [6.07, 6.45) is 0. The van der Waals surface area contributed by atoms with Crippen LogP contribution in [0.15, 0.2) is 17.5 Å². The first-order valence-corrected chi connectivity index (χ1v) is 5.75. The molecule has 0 saturated heterocycles. The van der Waals surface area contributed by atoms with Crippen LogP contribution in [0.1, 0.15) is 16.7 Å². The van der Waals surface area contributed by atoms with Gasteiger partial charge >= 0.3 is 0 Å². The third kappa shape index (κ3) is 1.88. The average Bonchev–Trinajstić information content (AvgIpc) is 2.58. The highest BCUT2D eigenvalue weighted by Crippen LogP contribution is 2.28. The number of aryl methyl sites for hydroxylation is 3. The van der Waals surface area contributed by atoms with Gasteiger partial charge in [0.2, 0.25) is 0 Å². The molecule has 1 aromatic heterocycles. The molecule has 0 saturated carbocycles. The summed E-state index contributed by atoms with van der Waals surface area (Å²) in [4.78, 5) is 4.31. The molecule has 0 amide bonds. The minimum Gasteiger partial charge on any atom is -0.375 e. The second-order valence-electron chi connectivity index (χ2n) is 3.82. The van der Waals surface area contributed by atoms with Crippen LogP contribution in [0.2, 0.25) is 0 Å². The maximum atomic E-state index is 5.64. The Bertz CT molecular complexity index is 500. The van der Waals surface area contributed by atoms with Crippen LogP contribution in [0.4, 0.5) is 5.13 Å². The Labute approximate surface area is 93.8 Å². The summed E-state index contributed by atoms with van der Waals surface area (Å²) in [7, 11) is 0. The van der Waals surface area contributed by atoms with Crippen LogP contribution in [0.5, 0.6) is 0 Å². The van der Waals surface area contributed by atoms with Gasteiger partial charge in [-0.15, -0.1) is 11.3 Å². The maximum absolute atomic E-state index is 5.64. The molecule has 15 heavy (non-hydrogen) atoms. The summed E-state index contributed by atoms with van der Waals surface area (Å²) >= 11 is 1.48. The van der Waals surface area contributed by atoms with Crippen molar-refractivity contribution in [3.8, 4) is 11.3 Å². The number of rotatable bonds is 1. The summed E-state index contributed by atoms with van der Waals surface area (Å²) in [5, 5.41) is 2.63. The fourth-order valence-electron chi connectivity index (χ4n) is 1.65. The van der Waals surface area contributed by atoms with Gasteiger partial charge in [-0.1, -0.05) is 6.07 Å². The third-order valence-corrected chi connectivity index (χ3v) is 3.31. The van der Waals surface area contributed by atoms with Gasteiger partial charge < -0.3 is 5.73 Å². The van der Waals surface area contributed by atoms with E-state index < -0.39 is 0 Å². The lowest BCUT2D eigenvalue weighted by molar-refractivity contribution is 1.28. The molecule has 0 fully saturated rings. The van der Waals surface area contributed by atoms with E-state index in [0.29, 0.717) is 5.13 Å². The standard InChI is InChI=1S/C12H14N2S/c1-7-4-9(3)10(5-8(7)2)11-6-15-12(13)14-11/h4-6H,1-3H3,(H2,13,14). The van der Waals surface area contributed by atoms with Gasteiger partial charge in [-0.3, -0.25) is 0 Å². The summed E-state index contributed by atoms with van der Waals surface area (Å²) in [5.41, 5.74) is 11.7. The molecule has 0 spiro atoms. The molecule has 0 bridgehead atoms. The minimum absolute atomic E-state index is 0.627. The molecule has 3 heteroatoms. The molecule has 2 nitrogen and oxygen atoms in total. The zero-order valence-corrected chi connectivity index (χ0v) is 9.98.